The van der Waals surface area contributed by atoms with Crippen LogP contribution >= 0.6 is 0 Å². The molecule has 2 rings (SSSR count). The van der Waals surface area contributed by atoms with Crippen LogP contribution in [0.25, 0.3) is 0 Å². The number of benzene rings is 1. The third-order valence-electron chi connectivity index (χ3n) is 3.85. The lowest BCUT2D eigenvalue weighted by Gasteiger charge is -2.15. The molecule has 9 heteroatoms. The fraction of sp³-hybridized carbons (Fsp3) is 0.467. The summed E-state index contributed by atoms with van der Waals surface area (Å²) in [6.07, 6.45) is 2.30. The largest absolute Gasteiger partial charge is 0.495 e. The first-order chi connectivity index (χ1) is 11.3. The van der Waals surface area contributed by atoms with Crippen molar-refractivity contribution in [2.24, 2.45) is 5.92 Å². The third-order valence-corrected chi connectivity index (χ3v) is 5.29. The minimum absolute atomic E-state index is 0.0478. The van der Waals surface area contributed by atoms with Crippen molar-refractivity contribution in [3.63, 3.8) is 0 Å². The Balaban J connectivity index is 2.25. The van der Waals surface area contributed by atoms with Gasteiger partial charge in [0.15, 0.2) is 0 Å². The molecule has 0 aromatic heterocycles. The molecule has 1 unspecified atom stereocenters. The second-order valence-electron chi connectivity index (χ2n) is 5.62. The molecule has 0 bridgehead atoms. The van der Waals surface area contributed by atoms with E-state index < -0.39 is 27.9 Å². The van der Waals surface area contributed by atoms with Crippen molar-refractivity contribution in [1.82, 2.24) is 10.0 Å². The van der Waals surface area contributed by atoms with E-state index in [0.717, 1.165) is 18.9 Å². The van der Waals surface area contributed by atoms with Crippen molar-refractivity contribution in [3.05, 3.63) is 23.8 Å². The molecule has 1 saturated carbocycles. The van der Waals surface area contributed by atoms with Crippen LogP contribution < -0.4 is 14.8 Å². The second kappa shape index (κ2) is 7.18. The second-order valence-corrected chi connectivity index (χ2v) is 7.47. The summed E-state index contributed by atoms with van der Waals surface area (Å²) in [5, 5.41) is 11.7. The van der Waals surface area contributed by atoms with Gasteiger partial charge in [0.05, 0.1) is 7.11 Å². The first-order valence-electron chi connectivity index (χ1n) is 7.43. The number of aliphatic carboxylic acids is 1. The summed E-state index contributed by atoms with van der Waals surface area (Å²) >= 11 is 0. The fourth-order valence-corrected chi connectivity index (χ4v) is 3.21. The first-order valence-corrected chi connectivity index (χ1v) is 8.92. The van der Waals surface area contributed by atoms with Gasteiger partial charge in [0, 0.05) is 5.56 Å². The number of carbonyl (C=O) groups is 2. The number of amides is 1. The topological polar surface area (TPSA) is 122 Å². The van der Waals surface area contributed by atoms with E-state index in [-0.39, 0.29) is 16.2 Å². The summed E-state index contributed by atoms with van der Waals surface area (Å²) in [4.78, 5) is 23.4. The summed E-state index contributed by atoms with van der Waals surface area (Å²) in [6, 6.07) is 2.92. The van der Waals surface area contributed by atoms with Gasteiger partial charge in [-0.05, 0) is 37.6 Å². The van der Waals surface area contributed by atoms with Gasteiger partial charge in [-0.25, -0.2) is 17.9 Å². The summed E-state index contributed by atoms with van der Waals surface area (Å²) in [5.41, 5.74) is 0.0478. The zero-order chi connectivity index (χ0) is 17.9. The van der Waals surface area contributed by atoms with Gasteiger partial charge < -0.3 is 15.2 Å². The maximum absolute atomic E-state index is 12.3. The van der Waals surface area contributed by atoms with E-state index in [4.69, 9.17) is 4.74 Å². The van der Waals surface area contributed by atoms with Crippen LogP contribution in [0.4, 0.5) is 0 Å². The summed E-state index contributed by atoms with van der Waals surface area (Å²) in [5.74, 6) is -1.33. The van der Waals surface area contributed by atoms with Crippen molar-refractivity contribution in [3.8, 4) is 5.75 Å². The SMILES string of the molecule is CNS(=O)(=O)c1cc(C(=O)NC(CC2CC2)C(=O)O)ccc1OC. The minimum Gasteiger partial charge on any atom is -0.495 e. The number of carbonyl (C=O) groups excluding carboxylic acids is 1. The molecule has 1 aliphatic carbocycles. The van der Waals surface area contributed by atoms with E-state index in [1.807, 2.05) is 0 Å². The summed E-state index contributed by atoms with van der Waals surface area (Å²) in [6.45, 7) is 0. The molecule has 3 N–H and O–H groups in total. The Hall–Kier alpha value is -2.13. The Kier molecular flexibility index (Phi) is 5.45. The monoisotopic (exact) mass is 356 g/mol. The molecule has 0 spiro atoms. The van der Waals surface area contributed by atoms with Crippen LogP contribution in [0, 0.1) is 5.92 Å². The number of carboxylic acids is 1. The predicted molar refractivity (Wildman–Crippen MR) is 85.5 cm³/mol. The van der Waals surface area contributed by atoms with Crippen molar-refractivity contribution in [2.45, 2.75) is 30.2 Å². The van der Waals surface area contributed by atoms with Gasteiger partial charge in [0.25, 0.3) is 5.91 Å². The molecule has 1 aromatic rings. The Morgan fingerprint density at radius 1 is 1.38 bits per heavy atom. The average Bonchev–Trinajstić information content (AvgIpc) is 3.37. The lowest BCUT2D eigenvalue weighted by Crippen LogP contribution is -2.41. The molecule has 1 fully saturated rings. The highest BCUT2D eigenvalue weighted by atomic mass is 32.2. The van der Waals surface area contributed by atoms with E-state index in [2.05, 4.69) is 10.0 Å². The van der Waals surface area contributed by atoms with Gasteiger partial charge in [0.1, 0.15) is 16.7 Å². The molecule has 0 radical (unpaired) electrons. The van der Waals surface area contributed by atoms with E-state index in [1.165, 1.54) is 26.3 Å². The zero-order valence-electron chi connectivity index (χ0n) is 13.4. The quantitative estimate of drug-likeness (QED) is 0.626. The lowest BCUT2D eigenvalue weighted by atomic mass is 10.1. The fourth-order valence-electron chi connectivity index (χ4n) is 2.29. The summed E-state index contributed by atoms with van der Waals surface area (Å²) in [7, 11) is -1.26. The Labute approximate surface area is 140 Å². The number of hydrogen-bond acceptors (Lipinski definition) is 5. The Morgan fingerprint density at radius 2 is 2.04 bits per heavy atom. The molecule has 24 heavy (non-hydrogen) atoms. The highest BCUT2D eigenvalue weighted by Gasteiger charge is 2.30. The standard InChI is InChI=1S/C15H20N2O6S/c1-16-24(21,22)13-8-10(5-6-12(13)23-2)14(18)17-11(15(19)20)7-9-3-4-9/h5-6,8-9,11,16H,3-4,7H2,1-2H3,(H,17,18)(H,19,20). The van der Waals surface area contributed by atoms with Crippen molar-refractivity contribution < 1.29 is 27.9 Å². The molecule has 132 valence electrons. The smallest absolute Gasteiger partial charge is 0.326 e. The van der Waals surface area contributed by atoms with Gasteiger partial charge in [-0.3, -0.25) is 4.79 Å². The molecular formula is C15H20N2O6S. The maximum atomic E-state index is 12.3. The van der Waals surface area contributed by atoms with Gasteiger partial charge in [-0.1, -0.05) is 12.8 Å². The molecule has 1 amide bonds. The van der Waals surface area contributed by atoms with E-state index in [0.29, 0.717) is 12.3 Å². The van der Waals surface area contributed by atoms with E-state index in [1.54, 1.807) is 0 Å². The number of sulfonamides is 1. The molecule has 0 aliphatic heterocycles. The van der Waals surface area contributed by atoms with Crippen molar-refractivity contribution in [1.29, 1.82) is 0 Å². The normalized spacial score (nSPS) is 15.6. The maximum Gasteiger partial charge on any atom is 0.326 e. The van der Waals surface area contributed by atoms with Crippen LogP contribution in [-0.4, -0.2) is 45.6 Å². The van der Waals surface area contributed by atoms with E-state index >= 15 is 0 Å². The number of methoxy groups -OCH3 is 1. The van der Waals surface area contributed by atoms with Gasteiger partial charge in [-0.2, -0.15) is 0 Å². The number of ether oxygens (including phenoxy) is 1. The summed E-state index contributed by atoms with van der Waals surface area (Å²) < 4.78 is 31.2. The van der Waals surface area contributed by atoms with Gasteiger partial charge >= 0.3 is 5.97 Å². The van der Waals surface area contributed by atoms with Crippen LogP contribution in [0.3, 0.4) is 0 Å². The molecular weight excluding hydrogens is 336 g/mol. The van der Waals surface area contributed by atoms with E-state index in [9.17, 15) is 23.1 Å². The van der Waals surface area contributed by atoms with Crippen LogP contribution in [0.15, 0.2) is 23.1 Å². The van der Waals surface area contributed by atoms with Crippen LogP contribution in [0.1, 0.15) is 29.6 Å². The number of nitrogens with one attached hydrogen (secondary N) is 2. The van der Waals surface area contributed by atoms with Crippen LogP contribution in [0.5, 0.6) is 5.75 Å². The number of rotatable bonds is 8. The Morgan fingerprint density at radius 3 is 2.54 bits per heavy atom. The minimum atomic E-state index is -3.82. The van der Waals surface area contributed by atoms with Crippen LogP contribution in [0.2, 0.25) is 0 Å². The van der Waals surface area contributed by atoms with Crippen molar-refractivity contribution in [2.75, 3.05) is 14.2 Å². The van der Waals surface area contributed by atoms with Crippen molar-refractivity contribution >= 4 is 21.9 Å². The number of hydrogen-bond donors (Lipinski definition) is 3. The van der Waals surface area contributed by atoms with Gasteiger partial charge in [0.2, 0.25) is 10.0 Å². The van der Waals surface area contributed by atoms with Crippen LogP contribution in [-0.2, 0) is 14.8 Å². The highest BCUT2D eigenvalue weighted by Crippen LogP contribution is 2.33. The molecule has 0 saturated heterocycles. The zero-order valence-corrected chi connectivity index (χ0v) is 14.2. The highest BCUT2D eigenvalue weighted by molar-refractivity contribution is 7.89. The molecule has 8 nitrogen and oxygen atoms in total. The first kappa shape index (κ1) is 18.2. The predicted octanol–water partition coefficient (Wildman–Crippen LogP) is 0.586. The molecule has 1 aromatic carbocycles. The molecule has 0 heterocycles. The van der Waals surface area contributed by atoms with Gasteiger partial charge in [-0.15, -0.1) is 0 Å². The molecule has 1 atom stereocenters. The molecule has 1 aliphatic rings. The average molecular weight is 356 g/mol. The number of carboxylic acid groups (broad SMARTS) is 1. The third kappa shape index (κ3) is 4.24. The Bertz CT molecular complexity index is 742. The lowest BCUT2D eigenvalue weighted by molar-refractivity contribution is -0.139.